The number of aromatic nitrogens is 1. The summed E-state index contributed by atoms with van der Waals surface area (Å²) in [6.45, 7) is 0. The molecule has 0 bridgehead atoms. The summed E-state index contributed by atoms with van der Waals surface area (Å²) in [6.07, 6.45) is 2.04. The van der Waals surface area contributed by atoms with Gasteiger partial charge in [0.1, 0.15) is 11.3 Å². The third kappa shape index (κ3) is 2.11. The molecule has 13 heavy (non-hydrogen) atoms. The minimum absolute atomic E-state index is 0.223. The summed E-state index contributed by atoms with van der Waals surface area (Å²) in [5.74, 6) is 0.587. The van der Waals surface area contributed by atoms with Gasteiger partial charge >= 0.3 is 0 Å². The van der Waals surface area contributed by atoms with Gasteiger partial charge in [0.05, 0.1) is 0 Å². The molecule has 3 nitrogen and oxygen atoms in total. The lowest BCUT2D eigenvalue weighted by molar-refractivity contribution is 0.0959. The predicted octanol–water partition coefficient (Wildman–Crippen LogP) is 1.60. The van der Waals surface area contributed by atoms with E-state index in [1.807, 2.05) is 6.07 Å². The number of halogens is 1. The molecule has 2 rings (SSSR count). The number of pyridine rings is 1. The highest BCUT2D eigenvalue weighted by atomic mass is 35.5. The molecule has 1 saturated carbocycles. The van der Waals surface area contributed by atoms with Gasteiger partial charge in [-0.1, -0.05) is 17.7 Å². The zero-order valence-electron chi connectivity index (χ0n) is 7.11. The molecule has 4 heteroatoms. The van der Waals surface area contributed by atoms with Crippen LogP contribution in [0.4, 0.5) is 0 Å². The molecule has 1 aliphatic rings. The van der Waals surface area contributed by atoms with Gasteiger partial charge in [-0.25, -0.2) is 4.98 Å². The van der Waals surface area contributed by atoms with Crippen LogP contribution in [0.1, 0.15) is 12.8 Å². The second-order valence-corrected chi connectivity index (χ2v) is 3.66. The number of rotatable bonds is 2. The van der Waals surface area contributed by atoms with E-state index in [1.54, 1.807) is 12.1 Å². The zero-order chi connectivity index (χ0) is 9.26. The van der Waals surface area contributed by atoms with Crippen molar-refractivity contribution >= 4 is 11.6 Å². The first kappa shape index (κ1) is 8.78. The van der Waals surface area contributed by atoms with Gasteiger partial charge in [0, 0.05) is 12.1 Å². The molecule has 0 unspecified atom stereocenters. The Morgan fingerprint density at radius 1 is 1.46 bits per heavy atom. The molecule has 1 heterocycles. The van der Waals surface area contributed by atoms with Crippen molar-refractivity contribution in [2.75, 3.05) is 0 Å². The maximum atomic E-state index is 5.70. The maximum Gasteiger partial charge on any atom is 0.214 e. The van der Waals surface area contributed by atoms with Gasteiger partial charge in [0.15, 0.2) is 0 Å². The van der Waals surface area contributed by atoms with Crippen molar-refractivity contribution in [3.8, 4) is 5.88 Å². The van der Waals surface area contributed by atoms with E-state index in [0.717, 1.165) is 12.8 Å². The van der Waals surface area contributed by atoms with Crippen molar-refractivity contribution in [2.45, 2.75) is 25.0 Å². The van der Waals surface area contributed by atoms with Crippen LogP contribution in [0.25, 0.3) is 0 Å². The number of nitrogens with two attached hydrogens (primary N) is 1. The first-order valence-corrected chi connectivity index (χ1v) is 4.66. The minimum atomic E-state index is 0.223. The molecule has 0 spiro atoms. The van der Waals surface area contributed by atoms with Crippen LogP contribution >= 0.6 is 11.6 Å². The Hall–Kier alpha value is -0.800. The Kier molecular flexibility index (Phi) is 2.38. The summed E-state index contributed by atoms with van der Waals surface area (Å²) in [5, 5.41) is 0.459. The molecule has 1 fully saturated rings. The third-order valence-electron chi connectivity index (χ3n) is 2.11. The molecule has 1 aromatic heterocycles. The largest absolute Gasteiger partial charge is 0.474 e. The molecular formula is C9H11ClN2O. The van der Waals surface area contributed by atoms with Crippen LogP contribution in [0.3, 0.4) is 0 Å². The molecule has 1 aromatic rings. The van der Waals surface area contributed by atoms with Crippen LogP contribution in [0.5, 0.6) is 5.88 Å². The molecule has 0 radical (unpaired) electrons. The molecular weight excluding hydrogens is 188 g/mol. The summed E-state index contributed by atoms with van der Waals surface area (Å²) < 4.78 is 5.53. The Balaban J connectivity index is 1.94. The topological polar surface area (TPSA) is 48.1 Å². The van der Waals surface area contributed by atoms with Gasteiger partial charge < -0.3 is 10.5 Å². The highest BCUT2D eigenvalue weighted by Crippen LogP contribution is 2.23. The van der Waals surface area contributed by atoms with E-state index in [4.69, 9.17) is 22.1 Å². The van der Waals surface area contributed by atoms with Crippen molar-refractivity contribution in [1.29, 1.82) is 0 Å². The summed E-state index contributed by atoms with van der Waals surface area (Å²) >= 11 is 5.70. The fourth-order valence-electron chi connectivity index (χ4n) is 1.33. The summed E-state index contributed by atoms with van der Waals surface area (Å²) in [6, 6.07) is 5.64. The van der Waals surface area contributed by atoms with Crippen LogP contribution in [-0.4, -0.2) is 17.1 Å². The Morgan fingerprint density at radius 2 is 2.23 bits per heavy atom. The average Bonchev–Trinajstić information content (AvgIpc) is 2.01. The van der Waals surface area contributed by atoms with Crippen LogP contribution in [0.2, 0.25) is 5.15 Å². The lowest BCUT2D eigenvalue weighted by Gasteiger charge is -2.32. The lowest BCUT2D eigenvalue weighted by Crippen LogP contribution is -2.43. The second kappa shape index (κ2) is 3.52. The molecule has 1 aliphatic carbocycles. The third-order valence-corrected chi connectivity index (χ3v) is 2.32. The first-order chi connectivity index (χ1) is 6.24. The van der Waals surface area contributed by atoms with E-state index in [9.17, 15) is 0 Å². The van der Waals surface area contributed by atoms with Crippen molar-refractivity contribution in [3.05, 3.63) is 23.4 Å². The van der Waals surface area contributed by atoms with Crippen LogP contribution in [-0.2, 0) is 0 Å². The Bertz CT molecular complexity index is 299. The van der Waals surface area contributed by atoms with Crippen molar-refractivity contribution in [2.24, 2.45) is 5.73 Å². The monoisotopic (exact) mass is 198 g/mol. The van der Waals surface area contributed by atoms with Gasteiger partial charge in [-0.05, 0) is 18.9 Å². The summed E-state index contributed by atoms with van der Waals surface area (Å²) in [7, 11) is 0. The van der Waals surface area contributed by atoms with Crippen molar-refractivity contribution in [1.82, 2.24) is 4.98 Å². The van der Waals surface area contributed by atoms with Gasteiger partial charge in [-0.15, -0.1) is 0 Å². The lowest BCUT2D eigenvalue weighted by atomic mass is 9.90. The van der Waals surface area contributed by atoms with Gasteiger partial charge in [0.2, 0.25) is 5.88 Å². The SMILES string of the molecule is NC1CC(Oc2cccc(Cl)n2)C1. The minimum Gasteiger partial charge on any atom is -0.474 e. The van der Waals surface area contributed by atoms with Gasteiger partial charge in [-0.2, -0.15) is 0 Å². The number of hydrogen-bond acceptors (Lipinski definition) is 3. The average molecular weight is 199 g/mol. The summed E-state index contributed by atoms with van der Waals surface area (Å²) in [4.78, 5) is 4.02. The molecule has 2 N–H and O–H groups in total. The number of hydrogen-bond donors (Lipinski definition) is 1. The van der Waals surface area contributed by atoms with E-state index in [1.165, 1.54) is 0 Å². The van der Waals surface area contributed by atoms with Crippen LogP contribution in [0, 0.1) is 0 Å². The Labute approximate surface area is 81.9 Å². The molecule has 70 valence electrons. The zero-order valence-corrected chi connectivity index (χ0v) is 7.87. The highest BCUT2D eigenvalue weighted by Gasteiger charge is 2.27. The fourth-order valence-corrected chi connectivity index (χ4v) is 1.48. The molecule has 0 atom stereocenters. The van der Waals surface area contributed by atoms with Gasteiger partial charge in [-0.3, -0.25) is 0 Å². The van der Waals surface area contributed by atoms with E-state index in [0.29, 0.717) is 17.1 Å². The quantitative estimate of drug-likeness (QED) is 0.735. The van der Waals surface area contributed by atoms with E-state index >= 15 is 0 Å². The van der Waals surface area contributed by atoms with E-state index in [2.05, 4.69) is 4.98 Å². The van der Waals surface area contributed by atoms with Crippen molar-refractivity contribution < 1.29 is 4.74 Å². The Morgan fingerprint density at radius 3 is 2.85 bits per heavy atom. The van der Waals surface area contributed by atoms with Crippen LogP contribution in [0.15, 0.2) is 18.2 Å². The molecule has 0 aliphatic heterocycles. The molecule has 0 saturated heterocycles. The first-order valence-electron chi connectivity index (χ1n) is 4.29. The fraction of sp³-hybridized carbons (Fsp3) is 0.444. The van der Waals surface area contributed by atoms with E-state index in [-0.39, 0.29) is 6.10 Å². The highest BCUT2D eigenvalue weighted by molar-refractivity contribution is 6.29. The van der Waals surface area contributed by atoms with E-state index < -0.39 is 0 Å². The summed E-state index contributed by atoms with van der Waals surface area (Å²) in [5.41, 5.74) is 5.63. The van der Waals surface area contributed by atoms with Crippen LogP contribution < -0.4 is 10.5 Å². The second-order valence-electron chi connectivity index (χ2n) is 3.27. The smallest absolute Gasteiger partial charge is 0.214 e. The maximum absolute atomic E-state index is 5.70. The molecule has 0 aromatic carbocycles. The number of ether oxygens (including phenoxy) is 1. The normalized spacial score (nSPS) is 26.6. The predicted molar refractivity (Wildman–Crippen MR) is 50.9 cm³/mol. The van der Waals surface area contributed by atoms with Crippen molar-refractivity contribution in [3.63, 3.8) is 0 Å². The standard InChI is InChI=1S/C9H11ClN2O/c10-8-2-1-3-9(12-8)13-7-4-6(11)5-7/h1-3,6-7H,4-5,11H2. The van der Waals surface area contributed by atoms with Gasteiger partial charge in [0.25, 0.3) is 0 Å². The number of nitrogens with zero attached hydrogens (tertiary/aromatic N) is 1. The molecule has 0 amide bonds.